The molecule has 2 aliphatic rings. The number of aliphatic imine (C=N–C) groups is 1. The minimum absolute atomic E-state index is 0.247. The molecule has 3 heterocycles. The monoisotopic (exact) mass is 427 g/mol. The number of aryl methyl sites for hydroxylation is 1. The summed E-state index contributed by atoms with van der Waals surface area (Å²) >= 11 is 1.75. The molecule has 2 saturated heterocycles. The van der Waals surface area contributed by atoms with Crippen molar-refractivity contribution in [2.24, 2.45) is 4.99 Å². The second-order valence-electron chi connectivity index (χ2n) is 7.91. The third-order valence-corrected chi connectivity index (χ3v) is 6.85. The Labute approximate surface area is 184 Å². The second-order valence-corrected chi connectivity index (χ2v) is 8.85. The summed E-state index contributed by atoms with van der Waals surface area (Å²) in [6.45, 7) is 10.5. The molecule has 7 heteroatoms. The number of nitrogens with zero attached hydrogens (tertiary/aromatic N) is 4. The number of hydrogen-bond acceptors (Lipinski definition) is 5. The van der Waals surface area contributed by atoms with Crippen LogP contribution in [-0.2, 0) is 24.1 Å². The highest BCUT2D eigenvalue weighted by atomic mass is 32.1. The van der Waals surface area contributed by atoms with E-state index < -0.39 is 0 Å². The molecule has 30 heavy (non-hydrogen) atoms. The molecule has 0 radical (unpaired) electrons. The minimum Gasteiger partial charge on any atom is -0.373 e. The third kappa shape index (κ3) is 5.20. The lowest BCUT2D eigenvalue weighted by Crippen LogP contribution is -2.50. The molecule has 2 aromatic rings. The van der Waals surface area contributed by atoms with Crippen LogP contribution in [0.4, 0.5) is 0 Å². The van der Waals surface area contributed by atoms with E-state index in [2.05, 4.69) is 69.7 Å². The van der Waals surface area contributed by atoms with Gasteiger partial charge in [0, 0.05) is 51.1 Å². The van der Waals surface area contributed by atoms with E-state index in [0.717, 1.165) is 70.4 Å². The van der Waals surface area contributed by atoms with Crippen LogP contribution in [0, 0.1) is 0 Å². The molecule has 0 saturated carbocycles. The Morgan fingerprint density at radius 3 is 2.90 bits per heavy atom. The van der Waals surface area contributed by atoms with Crippen LogP contribution in [0.3, 0.4) is 0 Å². The van der Waals surface area contributed by atoms with E-state index in [1.807, 2.05) is 0 Å². The SMILES string of the molecule is CCNC(=NCCc1csc(CC)n1)N1CC2OCCN(Cc3ccccc3)C2C1. The summed E-state index contributed by atoms with van der Waals surface area (Å²) in [5, 5.41) is 6.86. The van der Waals surface area contributed by atoms with Crippen molar-refractivity contribution < 1.29 is 4.74 Å². The molecule has 4 rings (SSSR count). The van der Waals surface area contributed by atoms with E-state index in [1.165, 1.54) is 10.6 Å². The van der Waals surface area contributed by atoms with Gasteiger partial charge in [-0.25, -0.2) is 4.98 Å². The molecular formula is C23H33N5OS. The molecule has 2 unspecified atom stereocenters. The average Bonchev–Trinajstić information content (AvgIpc) is 3.41. The van der Waals surface area contributed by atoms with Crippen LogP contribution >= 0.6 is 11.3 Å². The van der Waals surface area contributed by atoms with Crippen LogP contribution in [-0.4, -0.2) is 72.2 Å². The topological polar surface area (TPSA) is 53.0 Å². The molecular weight excluding hydrogens is 394 g/mol. The maximum absolute atomic E-state index is 6.14. The standard InChI is InChI=1S/C23H33N5OS/c1-3-22-26-19(17-30-22)10-11-25-23(24-4-2)28-15-20-21(16-28)29-13-12-27(20)14-18-8-6-5-7-9-18/h5-9,17,20-21H,3-4,10-16H2,1-2H3,(H,24,25). The highest BCUT2D eigenvalue weighted by Crippen LogP contribution is 2.24. The lowest BCUT2D eigenvalue weighted by Gasteiger charge is -2.36. The van der Waals surface area contributed by atoms with Crippen LogP contribution in [0.2, 0.25) is 0 Å². The van der Waals surface area contributed by atoms with Crippen molar-refractivity contribution in [1.29, 1.82) is 0 Å². The van der Waals surface area contributed by atoms with Gasteiger partial charge in [-0.15, -0.1) is 11.3 Å². The van der Waals surface area contributed by atoms with Gasteiger partial charge >= 0.3 is 0 Å². The maximum Gasteiger partial charge on any atom is 0.194 e. The zero-order valence-electron chi connectivity index (χ0n) is 18.1. The van der Waals surface area contributed by atoms with Gasteiger partial charge < -0.3 is 15.0 Å². The van der Waals surface area contributed by atoms with Crippen molar-refractivity contribution in [2.75, 3.05) is 39.3 Å². The number of morpholine rings is 1. The fourth-order valence-corrected chi connectivity index (χ4v) is 5.05. The molecule has 0 spiro atoms. The molecule has 2 fully saturated rings. The first-order valence-corrected chi connectivity index (χ1v) is 12.0. The normalized spacial score (nSPS) is 22.3. The number of ether oxygens (including phenoxy) is 1. The quantitative estimate of drug-likeness (QED) is 0.544. The van der Waals surface area contributed by atoms with Gasteiger partial charge in [0.05, 0.1) is 29.5 Å². The number of aromatic nitrogens is 1. The molecule has 1 aromatic carbocycles. The number of hydrogen-bond donors (Lipinski definition) is 1. The predicted octanol–water partition coefficient (Wildman–Crippen LogP) is 2.80. The van der Waals surface area contributed by atoms with E-state index in [0.29, 0.717) is 6.04 Å². The molecule has 1 aromatic heterocycles. The van der Waals surface area contributed by atoms with Gasteiger partial charge in [0.25, 0.3) is 0 Å². The highest BCUT2D eigenvalue weighted by molar-refractivity contribution is 7.09. The number of guanidine groups is 1. The van der Waals surface area contributed by atoms with Crippen molar-refractivity contribution in [3.05, 3.63) is 52.0 Å². The summed E-state index contributed by atoms with van der Waals surface area (Å²) in [7, 11) is 0. The Morgan fingerprint density at radius 1 is 1.27 bits per heavy atom. The van der Waals surface area contributed by atoms with Gasteiger partial charge in [0.15, 0.2) is 5.96 Å². The Morgan fingerprint density at radius 2 is 2.13 bits per heavy atom. The zero-order valence-corrected chi connectivity index (χ0v) is 18.9. The van der Waals surface area contributed by atoms with Gasteiger partial charge in [-0.1, -0.05) is 37.3 Å². The maximum atomic E-state index is 6.14. The van der Waals surface area contributed by atoms with Crippen molar-refractivity contribution in [1.82, 2.24) is 20.1 Å². The number of nitrogens with one attached hydrogen (secondary N) is 1. The van der Waals surface area contributed by atoms with Gasteiger partial charge in [-0.05, 0) is 18.9 Å². The van der Waals surface area contributed by atoms with Crippen LogP contribution in [0.15, 0.2) is 40.7 Å². The van der Waals surface area contributed by atoms with E-state index in [-0.39, 0.29) is 6.10 Å². The highest BCUT2D eigenvalue weighted by Gasteiger charge is 2.41. The van der Waals surface area contributed by atoms with Crippen LogP contribution in [0.5, 0.6) is 0 Å². The molecule has 0 bridgehead atoms. The fourth-order valence-electron chi connectivity index (χ4n) is 4.27. The molecule has 1 N–H and O–H groups in total. The zero-order chi connectivity index (χ0) is 20.8. The summed E-state index contributed by atoms with van der Waals surface area (Å²) in [6.07, 6.45) is 2.15. The average molecular weight is 428 g/mol. The Balaban J connectivity index is 1.39. The molecule has 0 aliphatic carbocycles. The van der Waals surface area contributed by atoms with Crippen LogP contribution in [0.25, 0.3) is 0 Å². The number of likely N-dealkylation sites (tertiary alicyclic amines) is 1. The van der Waals surface area contributed by atoms with Crippen LogP contribution in [0.1, 0.15) is 30.1 Å². The summed E-state index contributed by atoms with van der Waals surface area (Å²) in [4.78, 5) is 14.5. The molecule has 6 nitrogen and oxygen atoms in total. The summed E-state index contributed by atoms with van der Waals surface area (Å²) in [6, 6.07) is 11.2. The lowest BCUT2D eigenvalue weighted by molar-refractivity contribution is -0.0502. The van der Waals surface area contributed by atoms with Gasteiger partial charge in [-0.2, -0.15) is 0 Å². The largest absolute Gasteiger partial charge is 0.373 e. The van der Waals surface area contributed by atoms with Crippen molar-refractivity contribution in [2.45, 2.75) is 45.4 Å². The fraction of sp³-hybridized carbons (Fsp3) is 0.565. The predicted molar refractivity (Wildman–Crippen MR) is 123 cm³/mol. The smallest absolute Gasteiger partial charge is 0.194 e. The van der Waals surface area contributed by atoms with E-state index >= 15 is 0 Å². The van der Waals surface area contributed by atoms with Gasteiger partial charge in [0.1, 0.15) is 0 Å². The Hall–Kier alpha value is -1.96. The molecule has 2 aliphatic heterocycles. The lowest BCUT2D eigenvalue weighted by atomic mass is 10.1. The van der Waals surface area contributed by atoms with E-state index in [9.17, 15) is 0 Å². The minimum atomic E-state index is 0.247. The van der Waals surface area contributed by atoms with Gasteiger partial charge in [-0.3, -0.25) is 9.89 Å². The van der Waals surface area contributed by atoms with Crippen molar-refractivity contribution in [3.63, 3.8) is 0 Å². The molecule has 162 valence electrons. The first kappa shape index (κ1) is 21.3. The van der Waals surface area contributed by atoms with E-state index in [1.54, 1.807) is 11.3 Å². The molecule has 2 atom stereocenters. The van der Waals surface area contributed by atoms with Crippen molar-refractivity contribution >= 4 is 17.3 Å². The first-order chi connectivity index (χ1) is 14.8. The van der Waals surface area contributed by atoms with Gasteiger partial charge in [0.2, 0.25) is 0 Å². The number of thiazole rings is 1. The van der Waals surface area contributed by atoms with Crippen LogP contribution < -0.4 is 5.32 Å². The number of fused-ring (bicyclic) bond motifs is 1. The second kappa shape index (κ2) is 10.4. The van der Waals surface area contributed by atoms with Crippen molar-refractivity contribution in [3.8, 4) is 0 Å². The first-order valence-electron chi connectivity index (χ1n) is 11.1. The van der Waals surface area contributed by atoms with E-state index in [4.69, 9.17) is 9.73 Å². The summed E-state index contributed by atoms with van der Waals surface area (Å²) in [5.41, 5.74) is 2.52. The molecule has 0 amide bonds. The number of benzene rings is 1. The Kier molecular flexibility index (Phi) is 7.36. The Bertz CT molecular complexity index is 824. The summed E-state index contributed by atoms with van der Waals surface area (Å²) in [5.74, 6) is 1.00. The number of rotatable bonds is 7. The third-order valence-electron chi connectivity index (χ3n) is 5.81. The summed E-state index contributed by atoms with van der Waals surface area (Å²) < 4.78 is 6.14.